The Labute approximate surface area is 157 Å². The fraction of sp³-hybridized carbons (Fsp3) is 0.435. The van der Waals surface area contributed by atoms with Gasteiger partial charge in [0, 0.05) is 24.1 Å². The van der Waals surface area contributed by atoms with Crippen LogP contribution in [0.25, 0.3) is 0 Å². The molecule has 3 rings (SSSR count). The summed E-state index contributed by atoms with van der Waals surface area (Å²) in [5.41, 5.74) is 3.91. The number of benzene rings is 2. The molecule has 1 unspecified atom stereocenters. The fourth-order valence-electron chi connectivity index (χ4n) is 4.33. The van der Waals surface area contributed by atoms with Crippen molar-refractivity contribution in [3.05, 3.63) is 65.7 Å². The monoisotopic (exact) mass is 350 g/mol. The standard InChI is InChI=1S/C23H30N2O/c1-18(23(15-6-7-16-23)21-8-4-3-5-9-21)24-17-14-20-10-12-22(13-11-20)25-19(2)26/h3-5,8-13,18,24H,6-7,14-17H2,1-2H3,(H,25,26). The number of anilines is 1. The molecule has 0 bridgehead atoms. The maximum Gasteiger partial charge on any atom is 0.221 e. The van der Waals surface area contributed by atoms with Gasteiger partial charge in [0.2, 0.25) is 5.91 Å². The molecule has 3 nitrogen and oxygen atoms in total. The SMILES string of the molecule is CC(=O)Nc1ccc(CCNC(C)C2(c3ccccc3)CCCC2)cc1. The Kier molecular flexibility index (Phi) is 6.10. The first-order chi connectivity index (χ1) is 12.6. The Morgan fingerprint density at radius 1 is 1.04 bits per heavy atom. The summed E-state index contributed by atoms with van der Waals surface area (Å²) in [5, 5.41) is 6.60. The first kappa shape index (κ1) is 18.7. The van der Waals surface area contributed by atoms with Crippen LogP contribution in [-0.4, -0.2) is 18.5 Å². The zero-order valence-corrected chi connectivity index (χ0v) is 15.9. The molecular formula is C23H30N2O. The molecule has 0 saturated heterocycles. The van der Waals surface area contributed by atoms with Gasteiger partial charge in [-0.05, 0) is 56.0 Å². The van der Waals surface area contributed by atoms with Gasteiger partial charge in [-0.25, -0.2) is 0 Å². The molecular weight excluding hydrogens is 320 g/mol. The summed E-state index contributed by atoms with van der Waals surface area (Å²) in [7, 11) is 0. The third-order valence-corrected chi connectivity index (χ3v) is 5.81. The number of carbonyl (C=O) groups excluding carboxylic acids is 1. The van der Waals surface area contributed by atoms with E-state index in [1.54, 1.807) is 0 Å². The van der Waals surface area contributed by atoms with Crippen molar-refractivity contribution < 1.29 is 4.79 Å². The molecule has 0 heterocycles. The van der Waals surface area contributed by atoms with E-state index >= 15 is 0 Å². The van der Waals surface area contributed by atoms with E-state index in [4.69, 9.17) is 0 Å². The Balaban J connectivity index is 1.57. The van der Waals surface area contributed by atoms with Gasteiger partial charge in [-0.3, -0.25) is 4.79 Å². The van der Waals surface area contributed by atoms with Gasteiger partial charge in [0.25, 0.3) is 0 Å². The van der Waals surface area contributed by atoms with Crippen molar-refractivity contribution in [3.8, 4) is 0 Å². The molecule has 2 aromatic rings. The predicted molar refractivity (Wildman–Crippen MR) is 109 cm³/mol. The minimum atomic E-state index is -0.0315. The highest BCUT2D eigenvalue weighted by Crippen LogP contribution is 2.43. The van der Waals surface area contributed by atoms with Crippen molar-refractivity contribution in [1.82, 2.24) is 5.32 Å². The van der Waals surface area contributed by atoms with Gasteiger partial charge in [-0.2, -0.15) is 0 Å². The normalized spacial score (nSPS) is 17.0. The minimum Gasteiger partial charge on any atom is -0.326 e. The van der Waals surface area contributed by atoms with Crippen LogP contribution in [0.15, 0.2) is 54.6 Å². The van der Waals surface area contributed by atoms with Crippen LogP contribution in [0.3, 0.4) is 0 Å². The molecule has 0 aliphatic heterocycles. The summed E-state index contributed by atoms with van der Waals surface area (Å²) in [6, 6.07) is 19.6. The second-order valence-corrected chi connectivity index (χ2v) is 7.53. The lowest BCUT2D eigenvalue weighted by molar-refractivity contribution is -0.114. The van der Waals surface area contributed by atoms with Gasteiger partial charge in [0.1, 0.15) is 0 Å². The lowest BCUT2D eigenvalue weighted by Gasteiger charge is -2.37. The van der Waals surface area contributed by atoms with Gasteiger partial charge < -0.3 is 10.6 Å². The summed E-state index contributed by atoms with van der Waals surface area (Å²) in [6.07, 6.45) is 6.19. The number of rotatable bonds is 7. The topological polar surface area (TPSA) is 41.1 Å². The number of hydrogen-bond acceptors (Lipinski definition) is 2. The molecule has 138 valence electrons. The summed E-state index contributed by atoms with van der Waals surface area (Å²) < 4.78 is 0. The zero-order chi connectivity index (χ0) is 18.4. The van der Waals surface area contributed by atoms with Crippen LogP contribution in [0, 0.1) is 0 Å². The van der Waals surface area contributed by atoms with E-state index in [0.717, 1.165) is 18.7 Å². The Morgan fingerprint density at radius 2 is 1.69 bits per heavy atom. The van der Waals surface area contributed by atoms with Crippen molar-refractivity contribution >= 4 is 11.6 Å². The van der Waals surface area contributed by atoms with Gasteiger partial charge in [0.15, 0.2) is 0 Å². The lowest BCUT2D eigenvalue weighted by atomic mass is 9.73. The third kappa shape index (κ3) is 4.34. The van der Waals surface area contributed by atoms with E-state index in [0.29, 0.717) is 6.04 Å². The molecule has 0 spiro atoms. The number of carbonyl (C=O) groups is 1. The first-order valence-corrected chi connectivity index (χ1v) is 9.76. The molecule has 1 fully saturated rings. The molecule has 1 amide bonds. The van der Waals surface area contributed by atoms with Crippen molar-refractivity contribution in [1.29, 1.82) is 0 Å². The van der Waals surface area contributed by atoms with E-state index in [9.17, 15) is 4.79 Å². The summed E-state index contributed by atoms with van der Waals surface area (Å²) in [4.78, 5) is 11.1. The molecule has 2 N–H and O–H groups in total. The quantitative estimate of drug-likeness (QED) is 0.761. The first-order valence-electron chi connectivity index (χ1n) is 9.76. The molecule has 0 aromatic heterocycles. The van der Waals surface area contributed by atoms with Crippen LogP contribution in [0.2, 0.25) is 0 Å². The highest BCUT2D eigenvalue weighted by molar-refractivity contribution is 5.88. The average Bonchev–Trinajstić information content (AvgIpc) is 3.14. The van der Waals surface area contributed by atoms with E-state index in [-0.39, 0.29) is 11.3 Å². The van der Waals surface area contributed by atoms with Crippen molar-refractivity contribution in [2.45, 2.75) is 57.4 Å². The fourth-order valence-corrected chi connectivity index (χ4v) is 4.33. The molecule has 1 saturated carbocycles. The predicted octanol–water partition coefficient (Wildman–Crippen LogP) is 4.68. The van der Waals surface area contributed by atoms with E-state index in [2.05, 4.69) is 60.0 Å². The highest BCUT2D eigenvalue weighted by Gasteiger charge is 2.40. The molecule has 2 aromatic carbocycles. The Hall–Kier alpha value is -2.13. The van der Waals surface area contributed by atoms with Crippen LogP contribution >= 0.6 is 0 Å². The summed E-state index contributed by atoms with van der Waals surface area (Å²) in [5.74, 6) is -0.0315. The highest BCUT2D eigenvalue weighted by atomic mass is 16.1. The van der Waals surface area contributed by atoms with Crippen LogP contribution < -0.4 is 10.6 Å². The average molecular weight is 351 g/mol. The van der Waals surface area contributed by atoms with Crippen molar-refractivity contribution in [2.24, 2.45) is 0 Å². The molecule has 1 aliphatic carbocycles. The molecule has 1 atom stereocenters. The second-order valence-electron chi connectivity index (χ2n) is 7.53. The van der Waals surface area contributed by atoms with Gasteiger partial charge >= 0.3 is 0 Å². The maximum absolute atomic E-state index is 11.1. The molecule has 1 aliphatic rings. The Morgan fingerprint density at radius 3 is 2.31 bits per heavy atom. The van der Waals surface area contributed by atoms with Gasteiger partial charge in [-0.1, -0.05) is 55.3 Å². The minimum absolute atomic E-state index is 0.0315. The second kappa shape index (κ2) is 8.50. The van der Waals surface area contributed by atoms with Crippen LogP contribution in [0.1, 0.15) is 50.7 Å². The lowest BCUT2D eigenvalue weighted by Crippen LogP contribution is -2.45. The zero-order valence-electron chi connectivity index (χ0n) is 15.9. The maximum atomic E-state index is 11.1. The van der Waals surface area contributed by atoms with E-state index < -0.39 is 0 Å². The third-order valence-electron chi connectivity index (χ3n) is 5.81. The van der Waals surface area contributed by atoms with Crippen LogP contribution in [0.5, 0.6) is 0 Å². The molecule has 0 radical (unpaired) electrons. The number of hydrogen-bond donors (Lipinski definition) is 2. The van der Waals surface area contributed by atoms with Crippen molar-refractivity contribution in [3.63, 3.8) is 0 Å². The molecule has 26 heavy (non-hydrogen) atoms. The number of amides is 1. The molecule has 3 heteroatoms. The summed E-state index contributed by atoms with van der Waals surface area (Å²) >= 11 is 0. The van der Waals surface area contributed by atoms with Crippen LogP contribution in [-0.2, 0) is 16.6 Å². The Bertz CT molecular complexity index is 703. The van der Waals surface area contributed by atoms with E-state index in [1.807, 2.05) is 12.1 Å². The smallest absolute Gasteiger partial charge is 0.221 e. The van der Waals surface area contributed by atoms with Crippen molar-refractivity contribution in [2.75, 3.05) is 11.9 Å². The van der Waals surface area contributed by atoms with E-state index in [1.165, 1.54) is 43.7 Å². The van der Waals surface area contributed by atoms with Crippen LogP contribution in [0.4, 0.5) is 5.69 Å². The number of nitrogens with one attached hydrogen (secondary N) is 2. The van der Waals surface area contributed by atoms with Gasteiger partial charge in [-0.15, -0.1) is 0 Å². The van der Waals surface area contributed by atoms with Gasteiger partial charge in [0.05, 0.1) is 0 Å². The summed E-state index contributed by atoms with van der Waals surface area (Å²) in [6.45, 7) is 4.85. The largest absolute Gasteiger partial charge is 0.326 e.